The predicted octanol–water partition coefficient (Wildman–Crippen LogP) is 0.983. The second kappa shape index (κ2) is 4.82. The second-order valence-electron chi connectivity index (χ2n) is 4.29. The van der Waals surface area contributed by atoms with Crippen LogP contribution in [-0.2, 0) is 5.60 Å². The first-order chi connectivity index (χ1) is 7.42. The van der Waals surface area contributed by atoms with Crippen LogP contribution in [0.25, 0.3) is 0 Å². The van der Waals surface area contributed by atoms with Crippen molar-refractivity contribution in [3.8, 4) is 5.75 Å². The van der Waals surface area contributed by atoms with Crippen LogP contribution in [0.15, 0.2) is 12.1 Å². The number of methoxy groups -OCH3 is 1. The molecule has 0 amide bonds. The van der Waals surface area contributed by atoms with E-state index in [2.05, 4.69) is 5.43 Å². The fourth-order valence-electron chi connectivity index (χ4n) is 1.67. The molecule has 1 unspecified atom stereocenters. The molecule has 16 heavy (non-hydrogen) atoms. The maximum atomic E-state index is 10.3. The Morgan fingerprint density at radius 2 is 1.94 bits per heavy atom. The summed E-state index contributed by atoms with van der Waals surface area (Å²) in [6.45, 7) is 5.99. The third-order valence-electron chi connectivity index (χ3n) is 2.84. The lowest BCUT2D eigenvalue weighted by atomic mass is 9.92. The Bertz CT molecular complexity index is 376. The number of hydrogen-bond donors (Lipinski definition) is 3. The highest BCUT2D eigenvalue weighted by molar-refractivity contribution is 5.44. The zero-order valence-electron chi connectivity index (χ0n) is 10.3. The Morgan fingerprint density at radius 3 is 2.44 bits per heavy atom. The van der Waals surface area contributed by atoms with Crippen LogP contribution in [-0.4, -0.2) is 18.8 Å². The van der Waals surface area contributed by atoms with Crippen molar-refractivity contribution >= 4 is 0 Å². The monoisotopic (exact) mass is 224 g/mol. The van der Waals surface area contributed by atoms with Gasteiger partial charge in [-0.25, -0.2) is 0 Å². The lowest BCUT2D eigenvalue weighted by Crippen LogP contribution is -2.39. The summed E-state index contributed by atoms with van der Waals surface area (Å²) in [4.78, 5) is 0. The summed E-state index contributed by atoms with van der Waals surface area (Å²) in [6, 6.07) is 3.86. The highest BCUT2D eigenvalue weighted by atomic mass is 16.5. The van der Waals surface area contributed by atoms with Gasteiger partial charge in [-0.15, -0.1) is 0 Å². The third kappa shape index (κ3) is 2.52. The molecule has 0 radical (unpaired) electrons. The fourth-order valence-corrected chi connectivity index (χ4v) is 1.67. The summed E-state index contributed by atoms with van der Waals surface area (Å²) in [7, 11) is 1.60. The van der Waals surface area contributed by atoms with Gasteiger partial charge in [0.15, 0.2) is 0 Å². The zero-order chi connectivity index (χ0) is 12.3. The van der Waals surface area contributed by atoms with Crippen LogP contribution in [0.3, 0.4) is 0 Å². The molecule has 0 saturated heterocycles. The van der Waals surface area contributed by atoms with E-state index in [-0.39, 0.29) is 6.54 Å². The van der Waals surface area contributed by atoms with Gasteiger partial charge in [-0.2, -0.15) is 0 Å². The van der Waals surface area contributed by atoms with E-state index >= 15 is 0 Å². The Hall–Kier alpha value is -1.10. The van der Waals surface area contributed by atoms with Crippen LogP contribution in [0.1, 0.15) is 23.6 Å². The van der Waals surface area contributed by atoms with Crippen LogP contribution in [0, 0.1) is 13.8 Å². The van der Waals surface area contributed by atoms with E-state index in [1.165, 1.54) is 0 Å². The van der Waals surface area contributed by atoms with Gasteiger partial charge in [-0.1, -0.05) is 0 Å². The maximum absolute atomic E-state index is 10.3. The molecule has 1 aromatic rings. The van der Waals surface area contributed by atoms with Crippen LogP contribution < -0.4 is 16.0 Å². The molecule has 4 N–H and O–H groups in total. The molecule has 90 valence electrons. The van der Waals surface area contributed by atoms with Crippen molar-refractivity contribution in [2.24, 2.45) is 5.84 Å². The van der Waals surface area contributed by atoms with Gasteiger partial charge in [0.05, 0.1) is 7.11 Å². The Labute approximate surface area is 96.4 Å². The first kappa shape index (κ1) is 13.0. The number of hydrogen-bond acceptors (Lipinski definition) is 4. The zero-order valence-corrected chi connectivity index (χ0v) is 10.3. The predicted molar refractivity (Wildman–Crippen MR) is 64.2 cm³/mol. The quantitative estimate of drug-likeness (QED) is 0.527. The van der Waals surface area contributed by atoms with Crippen molar-refractivity contribution in [1.82, 2.24) is 5.43 Å². The van der Waals surface area contributed by atoms with Crippen molar-refractivity contribution in [2.45, 2.75) is 26.4 Å². The summed E-state index contributed by atoms with van der Waals surface area (Å²) in [6.07, 6.45) is 0. The minimum atomic E-state index is -1.04. The molecule has 0 spiro atoms. The van der Waals surface area contributed by atoms with Crippen LogP contribution in [0.5, 0.6) is 5.75 Å². The van der Waals surface area contributed by atoms with Crippen molar-refractivity contribution in [1.29, 1.82) is 0 Å². The largest absolute Gasteiger partial charge is 0.496 e. The Kier molecular flexibility index (Phi) is 3.91. The van der Waals surface area contributed by atoms with E-state index in [0.717, 1.165) is 16.7 Å². The average Bonchev–Trinajstić information content (AvgIpc) is 2.21. The van der Waals surface area contributed by atoms with E-state index < -0.39 is 5.60 Å². The number of nitrogens with two attached hydrogens (primary N) is 1. The van der Waals surface area contributed by atoms with Gasteiger partial charge in [0.2, 0.25) is 0 Å². The highest BCUT2D eigenvalue weighted by Crippen LogP contribution is 2.31. The summed E-state index contributed by atoms with van der Waals surface area (Å²) < 4.78 is 5.29. The van der Waals surface area contributed by atoms with E-state index in [1.54, 1.807) is 14.0 Å². The van der Waals surface area contributed by atoms with Crippen LogP contribution in [0.2, 0.25) is 0 Å². The Balaban J connectivity index is 3.26. The summed E-state index contributed by atoms with van der Waals surface area (Å²) in [5.74, 6) is 5.94. The van der Waals surface area contributed by atoms with Crippen LogP contribution >= 0.6 is 0 Å². The van der Waals surface area contributed by atoms with Gasteiger partial charge in [-0.3, -0.25) is 11.3 Å². The van der Waals surface area contributed by atoms with Gasteiger partial charge in [0.25, 0.3) is 0 Å². The number of aliphatic hydroxyl groups is 1. The van der Waals surface area contributed by atoms with E-state index in [4.69, 9.17) is 10.6 Å². The van der Waals surface area contributed by atoms with Gasteiger partial charge >= 0.3 is 0 Å². The number of rotatable bonds is 4. The lowest BCUT2D eigenvalue weighted by molar-refractivity contribution is 0.0545. The first-order valence-electron chi connectivity index (χ1n) is 5.24. The molecule has 1 rings (SSSR count). The smallest absolute Gasteiger partial charge is 0.125 e. The third-order valence-corrected chi connectivity index (χ3v) is 2.84. The summed E-state index contributed by atoms with van der Waals surface area (Å²) in [5.41, 5.74) is 4.44. The molecule has 0 saturated carbocycles. The molecule has 4 nitrogen and oxygen atoms in total. The van der Waals surface area contributed by atoms with Crippen LogP contribution in [0.4, 0.5) is 0 Å². The van der Waals surface area contributed by atoms with Crippen molar-refractivity contribution in [3.63, 3.8) is 0 Å². The molecule has 0 aromatic heterocycles. The number of aryl methyl sites for hydroxylation is 2. The minimum Gasteiger partial charge on any atom is -0.496 e. The normalized spacial score (nSPS) is 14.6. The van der Waals surface area contributed by atoms with Gasteiger partial charge in [0, 0.05) is 12.1 Å². The molecule has 0 fully saturated rings. The maximum Gasteiger partial charge on any atom is 0.125 e. The number of benzene rings is 1. The topological polar surface area (TPSA) is 67.5 Å². The molecular weight excluding hydrogens is 204 g/mol. The van der Waals surface area contributed by atoms with E-state index in [1.807, 2.05) is 26.0 Å². The molecule has 0 heterocycles. The molecule has 0 aliphatic heterocycles. The first-order valence-corrected chi connectivity index (χ1v) is 5.24. The molecule has 1 atom stereocenters. The highest BCUT2D eigenvalue weighted by Gasteiger charge is 2.26. The summed E-state index contributed by atoms with van der Waals surface area (Å²) in [5, 5.41) is 10.3. The van der Waals surface area contributed by atoms with Crippen molar-refractivity contribution in [2.75, 3.05) is 13.7 Å². The summed E-state index contributed by atoms with van der Waals surface area (Å²) >= 11 is 0. The Morgan fingerprint density at radius 1 is 1.38 bits per heavy atom. The van der Waals surface area contributed by atoms with Gasteiger partial charge in [-0.05, 0) is 44.0 Å². The second-order valence-corrected chi connectivity index (χ2v) is 4.29. The lowest BCUT2D eigenvalue weighted by Gasteiger charge is -2.26. The van der Waals surface area contributed by atoms with E-state index in [0.29, 0.717) is 5.75 Å². The fraction of sp³-hybridized carbons (Fsp3) is 0.500. The standard InChI is InChI=1S/C12H20N2O2/c1-8-5-10(12(3,15)7-14-13)11(16-4)6-9(8)2/h5-6,14-15H,7,13H2,1-4H3. The minimum absolute atomic E-state index is 0.270. The SMILES string of the molecule is COc1cc(C)c(C)cc1C(C)(O)CNN. The van der Waals surface area contributed by atoms with Crippen molar-refractivity contribution < 1.29 is 9.84 Å². The molecule has 0 aliphatic rings. The molecule has 4 heteroatoms. The number of ether oxygens (including phenoxy) is 1. The molecule has 1 aromatic carbocycles. The molecule has 0 aliphatic carbocycles. The van der Waals surface area contributed by atoms with Crippen molar-refractivity contribution in [3.05, 3.63) is 28.8 Å². The molecular formula is C12H20N2O2. The number of hydrazine groups is 1. The average molecular weight is 224 g/mol. The van der Waals surface area contributed by atoms with E-state index in [9.17, 15) is 5.11 Å². The van der Waals surface area contributed by atoms with Gasteiger partial charge in [0.1, 0.15) is 11.4 Å². The number of nitrogens with one attached hydrogen (secondary N) is 1. The van der Waals surface area contributed by atoms with Gasteiger partial charge < -0.3 is 9.84 Å². The molecule has 0 bridgehead atoms.